The number of anilines is 1. The van der Waals surface area contributed by atoms with E-state index in [1.54, 1.807) is 16.8 Å². The van der Waals surface area contributed by atoms with Gasteiger partial charge in [-0.1, -0.05) is 35.9 Å². The van der Waals surface area contributed by atoms with Crippen LogP contribution in [-0.4, -0.2) is 24.1 Å². The number of fused-ring (bicyclic) bond motifs is 1. The number of aromatic nitrogens is 2. The van der Waals surface area contributed by atoms with Crippen molar-refractivity contribution in [2.24, 2.45) is 0 Å². The van der Waals surface area contributed by atoms with Crippen molar-refractivity contribution in [3.63, 3.8) is 0 Å². The van der Waals surface area contributed by atoms with Crippen molar-refractivity contribution in [2.75, 3.05) is 5.32 Å². The topological polar surface area (TPSA) is 81.1 Å². The zero-order valence-electron chi connectivity index (χ0n) is 14.1. The number of nitrogens with zero attached hydrogens (tertiary/aromatic N) is 2. The molecule has 2 heterocycles. The lowest BCUT2D eigenvalue weighted by Gasteiger charge is -2.11. The number of carbonyl (C=O) groups is 1. The first kappa shape index (κ1) is 16.5. The van der Waals surface area contributed by atoms with E-state index in [2.05, 4.69) is 10.4 Å². The fourth-order valence-corrected chi connectivity index (χ4v) is 4.51. The predicted molar refractivity (Wildman–Crippen MR) is 99.0 cm³/mol. The summed E-state index contributed by atoms with van der Waals surface area (Å²) in [5.74, 6) is -0.0964. The second kappa shape index (κ2) is 6.10. The van der Waals surface area contributed by atoms with Gasteiger partial charge in [0.15, 0.2) is 9.84 Å². The number of rotatable bonds is 3. The van der Waals surface area contributed by atoms with Gasteiger partial charge in [-0.2, -0.15) is 5.10 Å². The number of nitrogens with one attached hydrogen (secondary N) is 1. The van der Waals surface area contributed by atoms with E-state index in [0.29, 0.717) is 22.6 Å². The molecule has 0 fully saturated rings. The van der Waals surface area contributed by atoms with Gasteiger partial charge in [0.25, 0.3) is 5.91 Å². The lowest BCUT2D eigenvalue weighted by molar-refractivity contribution is 0.102. The first-order chi connectivity index (χ1) is 12.4. The van der Waals surface area contributed by atoms with Gasteiger partial charge in [-0.15, -0.1) is 0 Å². The van der Waals surface area contributed by atoms with Gasteiger partial charge in [-0.3, -0.25) is 4.79 Å². The lowest BCUT2D eigenvalue weighted by atomic mass is 10.1. The zero-order chi connectivity index (χ0) is 18.3. The molecule has 0 spiro atoms. The smallest absolute Gasteiger partial charge is 0.256 e. The number of hydrogen-bond acceptors (Lipinski definition) is 4. The molecule has 132 valence electrons. The van der Waals surface area contributed by atoms with Crippen LogP contribution >= 0.6 is 0 Å². The van der Waals surface area contributed by atoms with Crippen molar-refractivity contribution in [1.82, 2.24) is 9.78 Å². The van der Waals surface area contributed by atoms with Crippen LogP contribution in [0.25, 0.3) is 5.69 Å². The summed E-state index contributed by atoms with van der Waals surface area (Å²) in [6.45, 7) is 1.95. The van der Waals surface area contributed by atoms with Crippen LogP contribution in [0.1, 0.15) is 27.2 Å². The first-order valence-corrected chi connectivity index (χ1v) is 10.00. The highest BCUT2D eigenvalue weighted by molar-refractivity contribution is 7.90. The third-order valence-corrected chi connectivity index (χ3v) is 5.78. The number of aryl methyl sites for hydroxylation is 1. The highest BCUT2D eigenvalue weighted by Crippen LogP contribution is 2.33. The van der Waals surface area contributed by atoms with Crippen LogP contribution in [0.3, 0.4) is 0 Å². The molecule has 1 N–H and O–H groups in total. The van der Waals surface area contributed by atoms with Crippen LogP contribution in [0.15, 0.2) is 54.6 Å². The number of carbonyl (C=O) groups excluding carboxylic acids is 1. The molecule has 1 aromatic heterocycles. The van der Waals surface area contributed by atoms with Crippen molar-refractivity contribution in [3.8, 4) is 5.69 Å². The average molecular weight is 367 g/mol. The van der Waals surface area contributed by atoms with Crippen LogP contribution in [0.5, 0.6) is 0 Å². The Hall–Kier alpha value is -2.93. The molecule has 1 aliphatic heterocycles. The Labute approximate surface area is 151 Å². The largest absolute Gasteiger partial charge is 0.306 e. The van der Waals surface area contributed by atoms with Gasteiger partial charge < -0.3 is 5.32 Å². The third kappa shape index (κ3) is 3.01. The van der Waals surface area contributed by atoms with E-state index in [1.807, 2.05) is 49.4 Å². The summed E-state index contributed by atoms with van der Waals surface area (Å²) < 4.78 is 25.6. The third-order valence-electron chi connectivity index (χ3n) is 4.33. The second-order valence-corrected chi connectivity index (χ2v) is 8.44. The summed E-state index contributed by atoms with van der Waals surface area (Å²) in [6.07, 6.45) is 0. The number of amides is 1. The standard InChI is InChI=1S/C19H17N3O3S/c1-13-7-9-14(10-8-13)19(23)20-18-16-11-26(24,25)12-17(16)21-22(18)15-5-3-2-4-6-15/h2-10H,11-12H2,1H3,(H,20,23). The predicted octanol–water partition coefficient (Wildman–Crippen LogP) is 2.86. The van der Waals surface area contributed by atoms with Crippen LogP contribution in [-0.2, 0) is 21.3 Å². The number of para-hydroxylation sites is 1. The number of benzene rings is 2. The van der Waals surface area contributed by atoms with Crippen LogP contribution in [0.2, 0.25) is 0 Å². The van der Waals surface area contributed by atoms with Crippen LogP contribution in [0.4, 0.5) is 5.82 Å². The summed E-state index contributed by atoms with van der Waals surface area (Å²) >= 11 is 0. The maximum Gasteiger partial charge on any atom is 0.256 e. The van der Waals surface area contributed by atoms with E-state index < -0.39 is 9.84 Å². The van der Waals surface area contributed by atoms with Gasteiger partial charge in [-0.05, 0) is 31.2 Å². The molecule has 0 atom stereocenters. The number of sulfone groups is 1. The monoisotopic (exact) mass is 367 g/mol. The Bertz CT molecular complexity index is 1090. The molecule has 6 nitrogen and oxygen atoms in total. The molecule has 3 aromatic rings. The van der Waals surface area contributed by atoms with Crippen molar-refractivity contribution in [3.05, 3.63) is 77.0 Å². The van der Waals surface area contributed by atoms with E-state index >= 15 is 0 Å². The van der Waals surface area contributed by atoms with E-state index in [9.17, 15) is 13.2 Å². The Morgan fingerprint density at radius 3 is 2.42 bits per heavy atom. The molecular formula is C19H17N3O3S. The van der Waals surface area contributed by atoms with Crippen molar-refractivity contribution in [2.45, 2.75) is 18.4 Å². The van der Waals surface area contributed by atoms with E-state index in [0.717, 1.165) is 11.3 Å². The van der Waals surface area contributed by atoms with Gasteiger partial charge in [0.2, 0.25) is 0 Å². The molecule has 7 heteroatoms. The zero-order valence-corrected chi connectivity index (χ0v) is 15.0. The van der Waals surface area contributed by atoms with Crippen molar-refractivity contribution in [1.29, 1.82) is 0 Å². The summed E-state index contributed by atoms with van der Waals surface area (Å²) in [6, 6.07) is 16.5. The Balaban J connectivity index is 1.76. The highest BCUT2D eigenvalue weighted by atomic mass is 32.2. The second-order valence-electron chi connectivity index (χ2n) is 6.37. The molecule has 0 saturated carbocycles. The first-order valence-electron chi connectivity index (χ1n) is 8.17. The lowest BCUT2D eigenvalue weighted by Crippen LogP contribution is -2.17. The quantitative estimate of drug-likeness (QED) is 0.772. The molecule has 4 rings (SSSR count). The fourth-order valence-electron chi connectivity index (χ4n) is 3.01. The van der Waals surface area contributed by atoms with E-state index in [4.69, 9.17) is 0 Å². The SMILES string of the molecule is Cc1ccc(C(=O)Nc2c3c(nn2-c2ccccc2)CS(=O)(=O)C3)cc1. The van der Waals surface area contributed by atoms with E-state index in [-0.39, 0.29) is 17.4 Å². The maximum absolute atomic E-state index is 12.7. The molecule has 2 aromatic carbocycles. The summed E-state index contributed by atoms with van der Waals surface area (Å²) in [7, 11) is -3.22. The molecule has 1 amide bonds. The van der Waals surface area contributed by atoms with Gasteiger partial charge in [0.05, 0.1) is 22.9 Å². The van der Waals surface area contributed by atoms with Crippen molar-refractivity contribution >= 4 is 21.6 Å². The molecular weight excluding hydrogens is 350 g/mol. The Kier molecular flexibility index (Phi) is 3.88. The molecule has 26 heavy (non-hydrogen) atoms. The molecule has 0 radical (unpaired) electrons. The van der Waals surface area contributed by atoms with Crippen molar-refractivity contribution < 1.29 is 13.2 Å². The minimum absolute atomic E-state index is 0.102. The van der Waals surface area contributed by atoms with Crippen LogP contribution < -0.4 is 5.32 Å². The fraction of sp³-hybridized carbons (Fsp3) is 0.158. The van der Waals surface area contributed by atoms with Gasteiger partial charge in [-0.25, -0.2) is 13.1 Å². The summed E-state index contributed by atoms with van der Waals surface area (Å²) in [5.41, 5.74) is 3.38. The molecule has 1 aliphatic rings. The normalized spacial score (nSPS) is 14.8. The Morgan fingerprint density at radius 1 is 1.04 bits per heavy atom. The van der Waals surface area contributed by atoms with E-state index in [1.165, 1.54) is 0 Å². The minimum Gasteiger partial charge on any atom is -0.306 e. The Morgan fingerprint density at radius 2 is 1.73 bits per heavy atom. The summed E-state index contributed by atoms with van der Waals surface area (Å²) in [5, 5.41) is 7.30. The highest BCUT2D eigenvalue weighted by Gasteiger charge is 2.33. The average Bonchev–Trinajstić information content (AvgIpc) is 3.09. The van der Waals surface area contributed by atoms with Gasteiger partial charge >= 0.3 is 0 Å². The minimum atomic E-state index is -3.22. The van der Waals surface area contributed by atoms with Gasteiger partial charge in [0.1, 0.15) is 5.82 Å². The molecule has 0 saturated heterocycles. The van der Waals surface area contributed by atoms with Crippen LogP contribution in [0, 0.1) is 6.92 Å². The molecule has 0 aliphatic carbocycles. The van der Waals surface area contributed by atoms with Gasteiger partial charge in [0, 0.05) is 11.1 Å². The maximum atomic E-state index is 12.7. The molecule has 0 bridgehead atoms. The summed E-state index contributed by atoms with van der Waals surface area (Å²) in [4.78, 5) is 12.7. The number of hydrogen-bond donors (Lipinski definition) is 1. The molecule has 0 unspecified atom stereocenters.